The number of ether oxygens (including phenoxy) is 1. The summed E-state index contributed by atoms with van der Waals surface area (Å²) in [4.78, 5) is 18.2. The van der Waals surface area contributed by atoms with Crippen molar-refractivity contribution in [3.05, 3.63) is 76.4 Å². The van der Waals surface area contributed by atoms with Gasteiger partial charge in [0.2, 0.25) is 5.78 Å². The molecule has 130 valence electrons. The summed E-state index contributed by atoms with van der Waals surface area (Å²) in [5.74, 6) is -0.651. The largest absolute Gasteiger partial charge is 0.452 e. The molecular weight excluding hydrogens is 343 g/mol. The lowest BCUT2D eigenvalue weighted by Crippen LogP contribution is -2.15. The molecule has 6 heteroatoms. The molecule has 25 heavy (non-hydrogen) atoms. The van der Waals surface area contributed by atoms with Crippen LogP contribution in [0.2, 0.25) is 5.02 Å². The maximum atomic E-state index is 13.6. The van der Waals surface area contributed by atoms with Crippen LogP contribution in [0.25, 0.3) is 0 Å². The monoisotopic (exact) mass is 360 g/mol. The minimum atomic E-state index is -0.655. The average molecular weight is 361 g/mol. The molecule has 0 radical (unpaired) electrons. The molecule has 0 bridgehead atoms. The fraction of sp³-hybridized carbons (Fsp3) is 0.158. The van der Waals surface area contributed by atoms with Gasteiger partial charge in [-0.3, -0.25) is 9.79 Å². The van der Waals surface area contributed by atoms with Crippen molar-refractivity contribution in [2.24, 2.45) is 4.99 Å². The molecule has 0 amide bonds. The number of halogens is 2. The Hall–Kier alpha value is -2.66. The Bertz CT molecular complexity index is 802. The molecule has 0 unspecified atom stereocenters. The molecule has 0 saturated heterocycles. The second-order valence-electron chi connectivity index (χ2n) is 5.52. The molecule has 2 aromatic rings. The zero-order valence-electron chi connectivity index (χ0n) is 14.0. The molecule has 0 fully saturated rings. The van der Waals surface area contributed by atoms with Crippen LogP contribution in [0.15, 0.2) is 59.4 Å². The van der Waals surface area contributed by atoms with Gasteiger partial charge in [0.1, 0.15) is 11.6 Å². The number of rotatable bonds is 7. The Morgan fingerprint density at radius 2 is 1.96 bits per heavy atom. The van der Waals surface area contributed by atoms with Crippen molar-refractivity contribution in [3.63, 3.8) is 0 Å². The van der Waals surface area contributed by atoms with Crippen LogP contribution in [0.3, 0.4) is 0 Å². The highest BCUT2D eigenvalue weighted by molar-refractivity contribution is 6.35. The molecule has 0 aliphatic carbocycles. The number of benzene rings is 2. The van der Waals surface area contributed by atoms with E-state index in [2.05, 4.69) is 11.7 Å². The van der Waals surface area contributed by atoms with Crippen molar-refractivity contribution in [1.82, 2.24) is 4.90 Å². The van der Waals surface area contributed by atoms with E-state index in [4.69, 9.17) is 16.3 Å². The molecule has 0 saturated carbocycles. The van der Waals surface area contributed by atoms with Gasteiger partial charge in [0, 0.05) is 25.9 Å². The zero-order chi connectivity index (χ0) is 18.4. The molecule has 2 aromatic carbocycles. The average Bonchev–Trinajstić information content (AvgIpc) is 2.58. The molecule has 2 rings (SSSR count). The van der Waals surface area contributed by atoms with Crippen LogP contribution in [-0.4, -0.2) is 31.5 Å². The first-order chi connectivity index (χ1) is 11.9. The number of hydrogen-bond donors (Lipinski definition) is 0. The van der Waals surface area contributed by atoms with Gasteiger partial charge in [-0.2, -0.15) is 0 Å². The number of Topliss-reactive ketones (excluding diaryl/α,β-unsaturated/α-hetero) is 1. The van der Waals surface area contributed by atoms with Crippen LogP contribution in [0.5, 0.6) is 5.75 Å². The summed E-state index contributed by atoms with van der Waals surface area (Å²) in [6, 6.07) is 11.2. The predicted molar refractivity (Wildman–Crippen MR) is 97.8 cm³/mol. The minimum Gasteiger partial charge on any atom is -0.452 e. The summed E-state index contributed by atoms with van der Waals surface area (Å²) >= 11 is 5.92. The molecular formula is C19H18ClFN2O2. The summed E-state index contributed by atoms with van der Waals surface area (Å²) in [5.41, 5.74) is 1.02. The molecule has 0 aromatic heterocycles. The van der Waals surface area contributed by atoms with Crippen molar-refractivity contribution >= 4 is 24.1 Å². The van der Waals surface area contributed by atoms with Crippen molar-refractivity contribution in [2.75, 3.05) is 14.1 Å². The maximum absolute atomic E-state index is 13.6. The summed E-state index contributed by atoms with van der Waals surface area (Å²) < 4.78 is 19.4. The van der Waals surface area contributed by atoms with E-state index < -0.39 is 11.6 Å². The predicted octanol–water partition coefficient (Wildman–Crippen LogP) is 4.34. The highest BCUT2D eigenvalue weighted by atomic mass is 35.5. The fourth-order valence-corrected chi connectivity index (χ4v) is 2.31. The molecule has 0 heterocycles. The Labute approximate surface area is 151 Å². The Morgan fingerprint density at radius 3 is 2.56 bits per heavy atom. The van der Waals surface area contributed by atoms with Crippen molar-refractivity contribution in [3.8, 4) is 5.75 Å². The van der Waals surface area contributed by atoms with Crippen LogP contribution in [0.4, 0.5) is 4.39 Å². The third-order valence-electron chi connectivity index (χ3n) is 3.24. The lowest BCUT2D eigenvalue weighted by atomic mass is 10.1. The number of carbonyl (C=O) groups excluding carboxylic acids is 1. The number of carbonyl (C=O) groups is 1. The summed E-state index contributed by atoms with van der Waals surface area (Å²) in [6.45, 7) is 3.95. The SMILES string of the molecule is C=NCc1ccc(O/C(=C\N(C)C)C(=O)c2cccc(F)c2Cl)cc1. The first kappa shape index (κ1) is 18.7. The van der Waals surface area contributed by atoms with Gasteiger partial charge < -0.3 is 9.64 Å². The van der Waals surface area contributed by atoms with Crippen molar-refractivity contribution in [1.29, 1.82) is 0 Å². The number of hydrogen-bond acceptors (Lipinski definition) is 4. The second kappa shape index (κ2) is 8.44. The van der Waals surface area contributed by atoms with E-state index in [1.807, 2.05) is 12.1 Å². The van der Waals surface area contributed by atoms with E-state index >= 15 is 0 Å². The molecule has 0 atom stereocenters. The van der Waals surface area contributed by atoms with Crippen molar-refractivity contribution < 1.29 is 13.9 Å². The highest BCUT2D eigenvalue weighted by Gasteiger charge is 2.20. The Morgan fingerprint density at radius 1 is 1.28 bits per heavy atom. The number of allylic oxidation sites excluding steroid dienone is 1. The first-order valence-corrected chi connectivity index (χ1v) is 7.86. The van der Waals surface area contributed by atoms with E-state index in [1.54, 1.807) is 31.1 Å². The van der Waals surface area contributed by atoms with E-state index in [0.717, 1.165) is 5.56 Å². The fourth-order valence-electron chi connectivity index (χ4n) is 2.10. The number of aliphatic imine (C=N–C) groups is 1. The van der Waals surface area contributed by atoms with Crippen LogP contribution in [0.1, 0.15) is 15.9 Å². The van der Waals surface area contributed by atoms with Gasteiger partial charge in [0.15, 0.2) is 5.76 Å². The topological polar surface area (TPSA) is 41.9 Å². The lowest BCUT2D eigenvalue weighted by molar-refractivity contribution is 0.0982. The molecule has 0 aliphatic rings. The van der Waals surface area contributed by atoms with Gasteiger partial charge in [-0.15, -0.1) is 0 Å². The third kappa shape index (κ3) is 4.90. The van der Waals surface area contributed by atoms with Crippen LogP contribution < -0.4 is 4.74 Å². The van der Waals surface area contributed by atoms with E-state index in [0.29, 0.717) is 12.3 Å². The van der Waals surface area contributed by atoms with Crippen molar-refractivity contribution in [2.45, 2.75) is 6.54 Å². The van der Waals surface area contributed by atoms with Gasteiger partial charge in [-0.05, 0) is 36.5 Å². The van der Waals surface area contributed by atoms with Crippen LogP contribution >= 0.6 is 11.6 Å². The molecule has 0 spiro atoms. The first-order valence-electron chi connectivity index (χ1n) is 7.48. The standard InChI is InChI=1S/C19H18ClFN2O2/c1-22-11-13-7-9-14(10-8-13)25-17(12-23(2)3)19(24)15-5-4-6-16(21)18(15)20/h4-10,12H,1,11H2,2-3H3/b17-12-. The summed E-state index contributed by atoms with van der Waals surface area (Å²) in [7, 11) is 3.51. The minimum absolute atomic E-state index is 0.0343. The van der Waals surface area contributed by atoms with Crippen LogP contribution in [-0.2, 0) is 6.54 Å². The Balaban J connectivity index is 2.31. The third-order valence-corrected chi connectivity index (χ3v) is 3.63. The summed E-state index contributed by atoms with van der Waals surface area (Å²) in [6.07, 6.45) is 1.52. The molecule has 4 nitrogen and oxygen atoms in total. The van der Waals surface area contributed by atoms with E-state index in [9.17, 15) is 9.18 Å². The Kier molecular flexibility index (Phi) is 6.31. The smallest absolute Gasteiger partial charge is 0.231 e. The molecule has 0 N–H and O–H groups in total. The lowest BCUT2D eigenvalue weighted by Gasteiger charge is -2.14. The van der Waals surface area contributed by atoms with E-state index in [1.165, 1.54) is 24.4 Å². The van der Waals surface area contributed by atoms with Gasteiger partial charge in [0.25, 0.3) is 0 Å². The quantitative estimate of drug-likeness (QED) is 0.319. The molecule has 0 aliphatic heterocycles. The second-order valence-corrected chi connectivity index (χ2v) is 5.89. The maximum Gasteiger partial charge on any atom is 0.231 e. The number of ketones is 1. The number of nitrogens with zero attached hydrogens (tertiary/aromatic N) is 2. The van der Waals surface area contributed by atoms with E-state index in [-0.39, 0.29) is 16.3 Å². The summed E-state index contributed by atoms with van der Waals surface area (Å²) in [5, 5.41) is -0.229. The zero-order valence-corrected chi connectivity index (χ0v) is 14.8. The van der Waals surface area contributed by atoms with Gasteiger partial charge in [-0.25, -0.2) is 4.39 Å². The van der Waals surface area contributed by atoms with Gasteiger partial charge in [0.05, 0.1) is 11.6 Å². The normalized spacial score (nSPS) is 11.1. The highest BCUT2D eigenvalue weighted by Crippen LogP contribution is 2.24. The van der Waals surface area contributed by atoms with Gasteiger partial charge >= 0.3 is 0 Å². The van der Waals surface area contributed by atoms with Gasteiger partial charge in [-0.1, -0.05) is 29.8 Å². The van der Waals surface area contributed by atoms with Crippen LogP contribution in [0, 0.1) is 5.82 Å².